The summed E-state index contributed by atoms with van der Waals surface area (Å²) in [4.78, 5) is 31.6. The van der Waals surface area contributed by atoms with Gasteiger partial charge in [0.15, 0.2) is 0 Å². The molecule has 1 aliphatic heterocycles. The van der Waals surface area contributed by atoms with Crippen LogP contribution in [0, 0.1) is 11.6 Å². The fourth-order valence-corrected chi connectivity index (χ4v) is 2.96. The zero-order valence-electron chi connectivity index (χ0n) is 13.0. The molecule has 24 heavy (non-hydrogen) atoms. The summed E-state index contributed by atoms with van der Waals surface area (Å²) in [6, 6.07) is 4.88. The Kier molecular flexibility index (Phi) is 4.75. The van der Waals surface area contributed by atoms with Crippen LogP contribution in [0.4, 0.5) is 14.6 Å². The third-order valence-electron chi connectivity index (χ3n) is 4.00. The SMILES string of the molecule is O=c1cc(N2CCCN(Cc3cc(F)cc(F)c3)CC2)[nH]c(=O)[nH]1. The van der Waals surface area contributed by atoms with Gasteiger partial charge in [-0.25, -0.2) is 13.6 Å². The number of H-pyrrole nitrogens is 2. The van der Waals surface area contributed by atoms with Crippen LogP contribution in [0.25, 0.3) is 0 Å². The van der Waals surface area contributed by atoms with Crippen LogP contribution in [0.3, 0.4) is 0 Å². The lowest BCUT2D eigenvalue weighted by Gasteiger charge is -2.23. The van der Waals surface area contributed by atoms with Crippen molar-refractivity contribution in [3.05, 3.63) is 62.3 Å². The Bertz CT molecular complexity index is 785. The van der Waals surface area contributed by atoms with E-state index in [1.165, 1.54) is 18.2 Å². The van der Waals surface area contributed by atoms with Crippen molar-refractivity contribution in [2.24, 2.45) is 0 Å². The molecule has 0 amide bonds. The molecular weight excluding hydrogens is 318 g/mol. The Morgan fingerprint density at radius 1 is 0.917 bits per heavy atom. The van der Waals surface area contributed by atoms with E-state index in [-0.39, 0.29) is 0 Å². The van der Waals surface area contributed by atoms with Gasteiger partial charge < -0.3 is 4.90 Å². The van der Waals surface area contributed by atoms with Gasteiger partial charge >= 0.3 is 5.69 Å². The van der Waals surface area contributed by atoms with Crippen LogP contribution in [0.2, 0.25) is 0 Å². The molecule has 2 N–H and O–H groups in total. The first-order valence-electron chi connectivity index (χ1n) is 7.75. The first-order valence-corrected chi connectivity index (χ1v) is 7.75. The zero-order chi connectivity index (χ0) is 17.1. The maximum Gasteiger partial charge on any atom is 0.327 e. The Hall–Kier alpha value is -2.48. The predicted molar refractivity (Wildman–Crippen MR) is 86.1 cm³/mol. The first kappa shape index (κ1) is 16.4. The van der Waals surface area contributed by atoms with E-state index in [4.69, 9.17) is 0 Å². The molecule has 2 aromatic rings. The van der Waals surface area contributed by atoms with Crippen molar-refractivity contribution < 1.29 is 8.78 Å². The molecule has 2 heterocycles. The summed E-state index contributed by atoms with van der Waals surface area (Å²) in [6.45, 7) is 3.17. The Balaban J connectivity index is 1.68. The van der Waals surface area contributed by atoms with Crippen molar-refractivity contribution in [1.29, 1.82) is 0 Å². The number of nitrogens with one attached hydrogen (secondary N) is 2. The number of hydrogen-bond acceptors (Lipinski definition) is 4. The zero-order valence-corrected chi connectivity index (χ0v) is 13.0. The lowest BCUT2D eigenvalue weighted by atomic mass is 10.2. The minimum Gasteiger partial charge on any atom is -0.357 e. The van der Waals surface area contributed by atoms with Crippen LogP contribution < -0.4 is 16.1 Å². The van der Waals surface area contributed by atoms with E-state index in [1.807, 2.05) is 4.90 Å². The molecule has 0 aliphatic carbocycles. The number of rotatable bonds is 3. The molecule has 1 aromatic heterocycles. The van der Waals surface area contributed by atoms with Gasteiger partial charge in [0.2, 0.25) is 0 Å². The van der Waals surface area contributed by atoms with Gasteiger partial charge in [0, 0.05) is 44.9 Å². The third kappa shape index (κ3) is 4.08. The molecule has 3 rings (SSSR count). The molecule has 1 aliphatic rings. The van der Waals surface area contributed by atoms with Crippen molar-refractivity contribution in [1.82, 2.24) is 14.9 Å². The van der Waals surface area contributed by atoms with Crippen LogP contribution in [-0.2, 0) is 6.54 Å². The Morgan fingerprint density at radius 2 is 1.67 bits per heavy atom. The third-order valence-corrected chi connectivity index (χ3v) is 4.00. The highest BCUT2D eigenvalue weighted by Crippen LogP contribution is 2.14. The summed E-state index contributed by atoms with van der Waals surface area (Å²) in [7, 11) is 0. The van der Waals surface area contributed by atoms with Gasteiger partial charge in [-0.15, -0.1) is 0 Å². The monoisotopic (exact) mass is 336 g/mol. The van der Waals surface area contributed by atoms with Crippen LogP contribution in [-0.4, -0.2) is 41.0 Å². The maximum absolute atomic E-state index is 13.3. The van der Waals surface area contributed by atoms with E-state index in [1.54, 1.807) is 0 Å². The largest absolute Gasteiger partial charge is 0.357 e. The van der Waals surface area contributed by atoms with Crippen LogP contribution in [0.15, 0.2) is 33.9 Å². The summed E-state index contributed by atoms with van der Waals surface area (Å²) >= 11 is 0. The molecule has 0 bridgehead atoms. The molecule has 0 radical (unpaired) electrons. The van der Waals surface area contributed by atoms with Gasteiger partial charge in [-0.3, -0.25) is 19.7 Å². The fraction of sp³-hybridized carbons (Fsp3) is 0.375. The Labute approximate surface area is 136 Å². The van der Waals surface area contributed by atoms with Crippen molar-refractivity contribution in [3.63, 3.8) is 0 Å². The van der Waals surface area contributed by atoms with Gasteiger partial charge in [0.25, 0.3) is 5.56 Å². The maximum atomic E-state index is 13.3. The molecule has 0 saturated carbocycles. The van der Waals surface area contributed by atoms with Gasteiger partial charge in [-0.2, -0.15) is 0 Å². The predicted octanol–water partition coefficient (Wildman–Crippen LogP) is 1.05. The number of anilines is 1. The van der Waals surface area contributed by atoms with Crippen molar-refractivity contribution in [3.8, 4) is 0 Å². The number of benzene rings is 1. The molecule has 6 nitrogen and oxygen atoms in total. The molecule has 0 unspecified atom stereocenters. The van der Waals surface area contributed by atoms with Crippen LogP contribution >= 0.6 is 0 Å². The van der Waals surface area contributed by atoms with Gasteiger partial charge in [-0.05, 0) is 24.1 Å². The lowest BCUT2D eigenvalue weighted by Crippen LogP contribution is -2.33. The van der Waals surface area contributed by atoms with Gasteiger partial charge in [0.05, 0.1) is 0 Å². The fourth-order valence-electron chi connectivity index (χ4n) is 2.96. The van der Waals surface area contributed by atoms with Crippen molar-refractivity contribution in [2.75, 3.05) is 31.1 Å². The summed E-state index contributed by atoms with van der Waals surface area (Å²) in [5.74, 6) is -0.674. The standard InChI is InChI=1S/C16H18F2N4O2/c17-12-6-11(7-13(18)8-12)10-21-2-1-3-22(5-4-21)14-9-15(23)20-16(24)19-14/h6-9H,1-5,10H2,(H2,19,20,23,24). The number of aromatic nitrogens is 2. The topological polar surface area (TPSA) is 72.2 Å². The highest BCUT2D eigenvalue weighted by molar-refractivity contribution is 5.36. The second kappa shape index (κ2) is 6.96. The number of aromatic amines is 2. The van der Waals surface area contributed by atoms with Crippen molar-refractivity contribution >= 4 is 5.82 Å². The summed E-state index contributed by atoms with van der Waals surface area (Å²) in [5, 5.41) is 0. The second-order valence-electron chi connectivity index (χ2n) is 5.87. The highest BCUT2D eigenvalue weighted by Gasteiger charge is 2.17. The normalized spacial score (nSPS) is 16.2. The molecule has 0 atom stereocenters. The van der Waals surface area contributed by atoms with Crippen molar-refractivity contribution in [2.45, 2.75) is 13.0 Å². The van der Waals surface area contributed by atoms with E-state index in [0.29, 0.717) is 37.6 Å². The molecule has 1 fully saturated rings. The smallest absolute Gasteiger partial charge is 0.327 e. The van der Waals surface area contributed by atoms with Gasteiger partial charge in [-0.1, -0.05) is 0 Å². The first-order chi connectivity index (χ1) is 11.5. The molecule has 1 saturated heterocycles. The molecular formula is C16H18F2N4O2. The molecule has 1 aromatic carbocycles. The molecule has 128 valence electrons. The number of halogens is 2. The summed E-state index contributed by atoms with van der Waals surface area (Å²) < 4.78 is 26.6. The van der Waals surface area contributed by atoms with E-state index in [9.17, 15) is 18.4 Å². The van der Waals surface area contributed by atoms with Gasteiger partial charge in [0.1, 0.15) is 17.5 Å². The molecule has 8 heteroatoms. The van der Waals surface area contributed by atoms with E-state index < -0.39 is 22.9 Å². The Morgan fingerprint density at radius 3 is 2.38 bits per heavy atom. The molecule has 0 spiro atoms. The van der Waals surface area contributed by atoms with E-state index in [0.717, 1.165) is 19.0 Å². The lowest BCUT2D eigenvalue weighted by molar-refractivity contribution is 0.284. The van der Waals surface area contributed by atoms with Crippen LogP contribution in [0.1, 0.15) is 12.0 Å². The quantitative estimate of drug-likeness (QED) is 0.879. The highest BCUT2D eigenvalue weighted by atomic mass is 19.1. The number of nitrogens with zero attached hydrogens (tertiary/aromatic N) is 2. The summed E-state index contributed by atoms with van der Waals surface area (Å²) in [5.41, 5.74) is -0.385. The number of hydrogen-bond donors (Lipinski definition) is 2. The average molecular weight is 336 g/mol. The minimum atomic E-state index is -0.581. The van der Waals surface area contributed by atoms with E-state index in [2.05, 4.69) is 14.9 Å². The second-order valence-corrected chi connectivity index (χ2v) is 5.87. The van der Waals surface area contributed by atoms with E-state index >= 15 is 0 Å². The minimum absolute atomic E-state index is 0.440. The van der Waals surface area contributed by atoms with Crippen LogP contribution in [0.5, 0.6) is 0 Å². The summed E-state index contributed by atoms with van der Waals surface area (Å²) in [6.07, 6.45) is 0.812. The average Bonchev–Trinajstić information content (AvgIpc) is 2.71.